The summed E-state index contributed by atoms with van der Waals surface area (Å²) in [5.41, 5.74) is 3.35. The second kappa shape index (κ2) is 14.7. The second-order valence-corrected chi connectivity index (χ2v) is 9.86. The van der Waals surface area contributed by atoms with Crippen molar-refractivity contribution in [3.05, 3.63) is 113 Å². The molecular formula is C33H34FN3O6. The number of aromatic amines is 1. The van der Waals surface area contributed by atoms with Crippen molar-refractivity contribution >= 4 is 28.9 Å². The van der Waals surface area contributed by atoms with Crippen LogP contribution in [0.15, 0.2) is 90.9 Å². The molecule has 0 aliphatic rings. The Morgan fingerprint density at radius 3 is 2.44 bits per heavy atom. The summed E-state index contributed by atoms with van der Waals surface area (Å²) in [4.78, 5) is 40.5. The van der Waals surface area contributed by atoms with Crippen LogP contribution in [-0.4, -0.2) is 43.7 Å². The number of alkyl carbamates (subject to hydrolysis) is 1. The molecular weight excluding hydrogens is 553 g/mol. The molecule has 9 nitrogen and oxygen atoms in total. The molecule has 0 fully saturated rings. The molecule has 0 aliphatic heterocycles. The number of carbonyl (C=O) groups is 3. The number of fused-ring (bicyclic) bond motifs is 1. The number of rotatable bonds is 12. The molecule has 2 atom stereocenters. The van der Waals surface area contributed by atoms with Crippen LogP contribution in [0, 0.1) is 5.92 Å². The number of ether oxygens (including phenoxy) is 3. The van der Waals surface area contributed by atoms with E-state index in [9.17, 15) is 14.4 Å². The van der Waals surface area contributed by atoms with E-state index in [0.717, 1.165) is 33.9 Å². The van der Waals surface area contributed by atoms with Crippen molar-refractivity contribution in [3.63, 3.8) is 0 Å². The van der Waals surface area contributed by atoms with Gasteiger partial charge in [-0.25, -0.2) is 14.0 Å². The monoisotopic (exact) mass is 587 g/mol. The molecule has 43 heavy (non-hydrogen) atoms. The molecule has 10 heteroatoms. The molecule has 1 aromatic heterocycles. The zero-order chi connectivity index (χ0) is 30.8. The van der Waals surface area contributed by atoms with Crippen LogP contribution in [0.4, 0.5) is 9.18 Å². The van der Waals surface area contributed by atoms with E-state index in [1.54, 1.807) is 26.2 Å². The quantitative estimate of drug-likeness (QED) is 0.181. The van der Waals surface area contributed by atoms with E-state index >= 15 is 4.39 Å². The van der Waals surface area contributed by atoms with Gasteiger partial charge in [0, 0.05) is 23.6 Å². The first kappa shape index (κ1) is 30.8. The molecule has 1 heterocycles. The number of methoxy groups -OCH3 is 2. The van der Waals surface area contributed by atoms with Gasteiger partial charge in [0.2, 0.25) is 5.91 Å². The number of carbonyl (C=O) groups excluding carboxylic acids is 3. The summed E-state index contributed by atoms with van der Waals surface area (Å²) in [6.45, 7) is 1.90. The van der Waals surface area contributed by atoms with Crippen molar-refractivity contribution in [3.8, 4) is 5.75 Å². The number of hydrogen-bond acceptors (Lipinski definition) is 6. The molecule has 4 aromatic rings. The average molecular weight is 588 g/mol. The van der Waals surface area contributed by atoms with Crippen LogP contribution in [0.2, 0.25) is 0 Å². The third-order valence-corrected chi connectivity index (χ3v) is 6.91. The van der Waals surface area contributed by atoms with Crippen molar-refractivity contribution in [2.24, 2.45) is 5.92 Å². The van der Waals surface area contributed by atoms with Gasteiger partial charge in [0.15, 0.2) is 0 Å². The number of amides is 2. The molecule has 2 amide bonds. The molecule has 0 saturated heterocycles. The van der Waals surface area contributed by atoms with Crippen LogP contribution in [0.5, 0.6) is 5.75 Å². The van der Waals surface area contributed by atoms with Crippen LogP contribution in [0.1, 0.15) is 40.0 Å². The van der Waals surface area contributed by atoms with Crippen molar-refractivity contribution in [1.82, 2.24) is 15.6 Å². The van der Waals surface area contributed by atoms with E-state index in [0.29, 0.717) is 18.5 Å². The highest BCUT2D eigenvalue weighted by atomic mass is 19.1. The summed E-state index contributed by atoms with van der Waals surface area (Å²) in [5, 5.41) is 6.38. The van der Waals surface area contributed by atoms with Crippen LogP contribution in [0.25, 0.3) is 10.9 Å². The van der Waals surface area contributed by atoms with E-state index in [2.05, 4.69) is 15.6 Å². The lowest BCUT2D eigenvalue weighted by atomic mass is 10.0. The molecule has 0 saturated carbocycles. The number of halogens is 1. The van der Waals surface area contributed by atoms with Gasteiger partial charge < -0.3 is 29.8 Å². The lowest BCUT2D eigenvalue weighted by molar-refractivity contribution is -0.123. The first-order valence-electron chi connectivity index (χ1n) is 13.7. The van der Waals surface area contributed by atoms with E-state index in [1.165, 1.54) is 31.4 Å². The van der Waals surface area contributed by atoms with Gasteiger partial charge in [-0.2, -0.15) is 0 Å². The maximum absolute atomic E-state index is 15.7. The minimum absolute atomic E-state index is 0.00593. The molecule has 4 rings (SSSR count). The molecule has 3 aromatic carbocycles. The van der Waals surface area contributed by atoms with Gasteiger partial charge in [-0.3, -0.25) is 4.79 Å². The minimum atomic E-state index is -1.26. The van der Waals surface area contributed by atoms with Crippen LogP contribution in [0.3, 0.4) is 0 Å². The number of esters is 1. The largest absolute Gasteiger partial charge is 0.497 e. The molecule has 0 radical (unpaired) electrons. The van der Waals surface area contributed by atoms with Gasteiger partial charge in [0.05, 0.1) is 25.7 Å². The Hall–Kier alpha value is -5.12. The van der Waals surface area contributed by atoms with Crippen LogP contribution < -0.4 is 15.4 Å². The predicted octanol–water partition coefficient (Wildman–Crippen LogP) is 5.78. The third-order valence-electron chi connectivity index (χ3n) is 6.91. The lowest BCUT2D eigenvalue weighted by Crippen LogP contribution is -2.32. The fraction of sp³-hybridized carbons (Fsp3) is 0.242. The first-order chi connectivity index (χ1) is 20.8. The van der Waals surface area contributed by atoms with Gasteiger partial charge in [0.1, 0.15) is 24.2 Å². The van der Waals surface area contributed by atoms with Gasteiger partial charge >= 0.3 is 12.1 Å². The van der Waals surface area contributed by atoms with E-state index in [-0.39, 0.29) is 18.1 Å². The van der Waals surface area contributed by atoms with Gasteiger partial charge in [-0.05, 0) is 66.4 Å². The Balaban J connectivity index is 1.43. The molecule has 0 aliphatic carbocycles. The average Bonchev–Trinajstić information content (AvgIpc) is 3.44. The number of nitrogens with one attached hydrogen (secondary N) is 3. The Kier molecular flexibility index (Phi) is 10.5. The van der Waals surface area contributed by atoms with E-state index in [1.807, 2.05) is 42.6 Å². The minimum Gasteiger partial charge on any atom is -0.497 e. The third kappa shape index (κ3) is 8.22. The Morgan fingerprint density at radius 2 is 1.74 bits per heavy atom. The zero-order valence-electron chi connectivity index (χ0n) is 24.2. The van der Waals surface area contributed by atoms with Crippen molar-refractivity contribution in [2.45, 2.75) is 26.0 Å². The summed E-state index contributed by atoms with van der Waals surface area (Å²) in [6, 6.07) is 19.5. The van der Waals surface area contributed by atoms with Crippen LogP contribution in [-0.2, 0) is 27.3 Å². The summed E-state index contributed by atoms with van der Waals surface area (Å²) < 4.78 is 31.0. The van der Waals surface area contributed by atoms with Gasteiger partial charge in [-0.1, -0.05) is 42.5 Å². The lowest BCUT2D eigenvalue weighted by Gasteiger charge is -2.19. The summed E-state index contributed by atoms with van der Waals surface area (Å²) in [5.74, 6) is -1.79. The molecule has 224 valence electrons. The number of hydrogen-bond donors (Lipinski definition) is 3. The summed E-state index contributed by atoms with van der Waals surface area (Å²) in [7, 11) is 2.86. The highest BCUT2D eigenvalue weighted by Crippen LogP contribution is 2.26. The normalized spacial score (nSPS) is 12.7. The van der Waals surface area contributed by atoms with E-state index in [4.69, 9.17) is 14.2 Å². The SMILES string of the molecule is COC(=O)c1ccc(C(NC(=O)OCc2ccccc2)/C(F)=C/[C@@H](C)C(=O)NCCc2c[nH]c3ccc(OC)cc23)cc1. The van der Waals surface area contributed by atoms with E-state index < -0.39 is 29.8 Å². The maximum atomic E-state index is 15.7. The van der Waals surface area contributed by atoms with Crippen molar-refractivity contribution in [2.75, 3.05) is 20.8 Å². The smallest absolute Gasteiger partial charge is 0.408 e. The Bertz CT molecular complexity index is 1580. The van der Waals surface area contributed by atoms with Gasteiger partial charge in [-0.15, -0.1) is 0 Å². The highest BCUT2D eigenvalue weighted by molar-refractivity contribution is 5.89. The molecule has 0 bridgehead atoms. The van der Waals surface area contributed by atoms with Crippen molar-refractivity contribution in [1.29, 1.82) is 0 Å². The van der Waals surface area contributed by atoms with Crippen LogP contribution >= 0.6 is 0 Å². The fourth-order valence-electron chi connectivity index (χ4n) is 4.51. The summed E-state index contributed by atoms with van der Waals surface area (Å²) in [6.07, 6.45) is 2.75. The molecule has 1 unspecified atom stereocenters. The first-order valence-corrected chi connectivity index (χ1v) is 13.7. The zero-order valence-corrected chi connectivity index (χ0v) is 24.2. The fourth-order valence-corrected chi connectivity index (χ4v) is 4.51. The number of aromatic nitrogens is 1. The standard InChI is InChI=1S/C33H34FN3O6/c1-21(31(38)35-16-15-25-19-36-29-14-13-26(41-2)18-27(25)29)17-28(34)30(23-9-11-24(12-10-23)32(39)42-3)37-33(40)43-20-22-7-5-4-6-8-22/h4-14,17-19,21,30,36H,15-16,20H2,1-3H3,(H,35,38)(H,37,40)/b28-17-/t21-,30?/m1/s1. The summed E-state index contributed by atoms with van der Waals surface area (Å²) >= 11 is 0. The van der Waals surface area contributed by atoms with Crippen molar-refractivity contribution < 1.29 is 33.0 Å². The Morgan fingerprint density at radius 1 is 1.00 bits per heavy atom. The predicted molar refractivity (Wildman–Crippen MR) is 160 cm³/mol. The number of benzene rings is 3. The molecule has 3 N–H and O–H groups in total. The van der Waals surface area contributed by atoms with Gasteiger partial charge in [0.25, 0.3) is 0 Å². The topological polar surface area (TPSA) is 119 Å². The maximum Gasteiger partial charge on any atom is 0.408 e. The molecule has 0 spiro atoms. The Labute approximate surface area is 249 Å². The second-order valence-electron chi connectivity index (χ2n) is 9.86. The number of H-pyrrole nitrogens is 1. The highest BCUT2D eigenvalue weighted by Gasteiger charge is 2.23.